The van der Waals surface area contributed by atoms with Gasteiger partial charge < -0.3 is 5.01 Å². The van der Waals surface area contributed by atoms with E-state index < -0.39 is 0 Å². The van der Waals surface area contributed by atoms with Gasteiger partial charge in [0.05, 0.1) is 5.69 Å². The van der Waals surface area contributed by atoms with E-state index in [2.05, 4.69) is 0 Å². The van der Waals surface area contributed by atoms with Gasteiger partial charge in [-0.25, -0.2) is 10.2 Å². The number of hydrazine groups is 1. The monoisotopic (exact) mass is 152 g/mol. The van der Waals surface area contributed by atoms with Gasteiger partial charge in [-0.2, -0.15) is 0 Å². The fourth-order valence-corrected chi connectivity index (χ4v) is 1.42. The maximum atomic E-state index is 13.0. The lowest BCUT2D eigenvalue weighted by Gasteiger charge is -2.10. The van der Waals surface area contributed by atoms with E-state index in [0.717, 1.165) is 24.2 Å². The molecule has 2 N–H and O–H groups in total. The van der Waals surface area contributed by atoms with Crippen LogP contribution in [0.2, 0.25) is 0 Å². The Bertz CT molecular complexity index is 285. The van der Waals surface area contributed by atoms with Crippen LogP contribution in [-0.2, 0) is 6.42 Å². The first-order chi connectivity index (χ1) is 5.29. The lowest BCUT2D eigenvalue weighted by atomic mass is 10.1. The molecule has 1 aromatic rings. The lowest BCUT2D eigenvalue weighted by Crippen LogP contribution is -2.27. The molecule has 0 unspecified atom stereocenters. The number of nitrogens with two attached hydrogens (primary N) is 1. The zero-order chi connectivity index (χ0) is 7.84. The highest BCUT2D eigenvalue weighted by Crippen LogP contribution is 2.26. The maximum Gasteiger partial charge on any atom is 0.128 e. The van der Waals surface area contributed by atoms with Gasteiger partial charge in [0, 0.05) is 12.1 Å². The van der Waals surface area contributed by atoms with Crippen molar-refractivity contribution in [3.05, 3.63) is 29.6 Å². The zero-order valence-electron chi connectivity index (χ0n) is 6.05. The minimum absolute atomic E-state index is 0.143. The number of anilines is 1. The van der Waals surface area contributed by atoms with Crippen LogP contribution in [0.4, 0.5) is 10.1 Å². The van der Waals surface area contributed by atoms with Crippen molar-refractivity contribution in [2.75, 3.05) is 11.6 Å². The normalized spacial score (nSPS) is 15.3. The molecule has 1 aliphatic rings. The smallest absolute Gasteiger partial charge is 0.128 e. The minimum atomic E-state index is -0.143. The van der Waals surface area contributed by atoms with Gasteiger partial charge in [0.15, 0.2) is 0 Å². The first-order valence-corrected chi connectivity index (χ1v) is 3.58. The summed E-state index contributed by atoms with van der Waals surface area (Å²) in [7, 11) is 0. The van der Waals surface area contributed by atoms with Crippen molar-refractivity contribution in [1.29, 1.82) is 0 Å². The van der Waals surface area contributed by atoms with E-state index in [1.165, 1.54) is 6.07 Å². The number of fused-ring (bicyclic) bond motifs is 1. The highest BCUT2D eigenvalue weighted by molar-refractivity contribution is 5.56. The molecule has 3 heteroatoms. The number of rotatable bonds is 0. The molecule has 0 spiro atoms. The van der Waals surface area contributed by atoms with Crippen molar-refractivity contribution in [3.8, 4) is 0 Å². The van der Waals surface area contributed by atoms with Crippen LogP contribution in [0.25, 0.3) is 0 Å². The van der Waals surface area contributed by atoms with Gasteiger partial charge in [-0.05, 0) is 18.6 Å². The van der Waals surface area contributed by atoms with Gasteiger partial charge in [0.2, 0.25) is 0 Å². The van der Waals surface area contributed by atoms with E-state index >= 15 is 0 Å². The molecule has 0 saturated heterocycles. The predicted molar refractivity (Wildman–Crippen MR) is 41.6 cm³/mol. The topological polar surface area (TPSA) is 29.3 Å². The third-order valence-electron chi connectivity index (χ3n) is 2.01. The van der Waals surface area contributed by atoms with E-state index in [1.807, 2.05) is 6.07 Å². The summed E-state index contributed by atoms with van der Waals surface area (Å²) in [5.41, 5.74) is 1.57. The summed E-state index contributed by atoms with van der Waals surface area (Å²) in [5.74, 6) is 5.44. The van der Waals surface area contributed by atoms with Crippen molar-refractivity contribution in [2.24, 2.45) is 5.84 Å². The highest BCUT2D eigenvalue weighted by Gasteiger charge is 2.18. The summed E-state index contributed by atoms with van der Waals surface area (Å²) in [6, 6.07) is 4.99. The maximum absolute atomic E-state index is 13.0. The molecule has 0 radical (unpaired) electrons. The fraction of sp³-hybridized carbons (Fsp3) is 0.250. The quantitative estimate of drug-likeness (QED) is 0.563. The number of hydrogen-bond acceptors (Lipinski definition) is 2. The minimum Gasteiger partial charge on any atom is -0.310 e. The van der Waals surface area contributed by atoms with E-state index in [1.54, 1.807) is 11.1 Å². The molecule has 0 atom stereocenters. The lowest BCUT2D eigenvalue weighted by molar-refractivity contribution is 0.615. The Kier molecular flexibility index (Phi) is 1.32. The van der Waals surface area contributed by atoms with Crippen LogP contribution in [0.15, 0.2) is 18.2 Å². The SMILES string of the molecule is NN1CCc2c(F)cccc21. The first kappa shape index (κ1) is 6.61. The number of benzene rings is 1. The second-order valence-corrected chi connectivity index (χ2v) is 2.68. The van der Waals surface area contributed by atoms with Crippen LogP contribution in [0.3, 0.4) is 0 Å². The second-order valence-electron chi connectivity index (χ2n) is 2.68. The van der Waals surface area contributed by atoms with E-state index in [9.17, 15) is 4.39 Å². The summed E-state index contributed by atoms with van der Waals surface area (Å²) < 4.78 is 13.0. The molecule has 0 aromatic heterocycles. The summed E-state index contributed by atoms with van der Waals surface area (Å²) >= 11 is 0. The molecule has 58 valence electrons. The van der Waals surface area contributed by atoms with Gasteiger partial charge in [-0.3, -0.25) is 0 Å². The molecule has 0 aliphatic carbocycles. The third kappa shape index (κ3) is 0.886. The molecule has 1 heterocycles. The zero-order valence-corrected chi connectivity index (χ0v) is 6.05. The molecule has 0 bridgehead atoms. The summed E-state index contributed by atoms with van der Waals surface area (Å²) in [6.07, 6.45) is 0.721. The van der Waals surface area contributed by atoms with Crippen LogP contribution in [0, 0.1) is 5.82 Å². The van der Waals surface area contributed by atoms with Crippen molar-refractivity contribution in [3.63, 3.8) is 0 Å². The molecule has 0 amide bonds. The standard InChI is InChI=1S/C8H9FN2/c9-7-2-1-3-8-6(7)4-5-11(8)10/h1-3H,4-5,10H2. The van der Waals surface area contributed by atoms with Crippen LogP contribution < -0.4 is 10.9 Å². The molecule has 1 aromatic carbocycles. The molecule has 2 rings (SSSR count). The predicted octanol–water partition coefficient (Wildman–Crippen LogP) is 1.06. The number of halogens is 1. The van der Waals surface area contributed by atoms with Gasteiger partial charge in [0.25, 0.3) is 0 Å². The van der Waals surface area contributed by atoms with Crippen molar-refractivity contribution >= 4 is 5.69 Å². The van der Waals surface area contributed by atoms with E-state index in [0.29, 0.717) is 0 Å². The van der Waals surface area contributed by atoms with E-state index in [4.69, 9.17) is 5.84 Å². The Labute approximate surface area is 64.4 Å². The molecule has 2 nitrogen and oxygen atoms in total. The second kappa shape index (κ2) is 2.20. The van der Waals surface area contributed by atoms with Crippen molar-refractivity contribution < 1.29 is 4.39 Å². The van der Waals surface area contributed by atoms with Crippen LogP contribution in [-0.4, -0.2) is 6.54 Å². The number of hydrogen-bond donors (Lipinski definition) is 1. The Morgan fingerprint density at radius 1 is 1.45 bits per heavy atom. The van der Waals surface area contributed by atoms with Crippen LogP contribution in [0.1, 0.15) is 5.56 Å². The van der Waals surface area contributed by atoms with Gasteiger partial charge in [-0.15, -0.1) is 0 Å². The average molecular weight is 152 g/mol. The summed E-state index contributed by atoms with van der Waals surface area (Å²) in [6.45, 7) is 0.719. The molecular weight excluding hydrogens is 143 g/mol. The van der Waals surface area contributed by atoms with Crippen molar-refractivity contribution in [1.82, 2.24) is 0 Å². The Morgan fingerprint density at radius 3 is 3.00 bits per heavy atom. The van der Waals surface area contributed by atoms with Gasteiger partial charge >= 0.3 is 0 Å². The Morgan fingerprint density at radius 2 is 2.27 bits per heavy atom. The third-order valence-corrected chi connectivity index (χ3v) is 2.01. The molecule has 1 aliphatic heterocycles. The van der Waals surface area contributed by atoms with Crippen LogP contribution >= 0.6 is 0 Å². The van der Waals surface area contributed by atoms with Gasteiger partial charge in [-0.1, -0.05) is 6.07 Å². The first-order valence-electron chi connectivity index (χ1n) is 3.58. The largest absolute Gasteiger partial charge is 0.310 e. The van der Waals surface area contributed by atoms with Crippen molar-refractivity contribution in [2.45, 2.75) is 6.42 Å². The molecule has 0 fully saturated rings. The number of nitrogens with zero attached hydrogens (tertiary/aromatic N) is 1. The molecule has 0 saturated carbocycles. The fourth-order valence-electron chi connectivity index (χ4n) is 1.42. The molecular formula is C8H9FN2. The Balaban J connectivity index is 2.57. The Hall–Kier alpha value is -1.09. The highest BCUT2D eigenvalue weighted by atomic mass is 19.1. The van der Waals surface area contributed by atoms with E-state index in [-0.39, 0.29) is 5.82 Å². The average Bonchev–Trinajstić information content (AvgIpc) is 2.35. The van der Waals surface area contributed by atoms with Crippen LogP contribution in [0.5, 0.6) is 0 Å². The molecule has 11 heavy (non-hydrogen) atoms. The van der Waals surface area contributed by atoms with Gasteiger partial charge in [0.1, 0.15) is 5.82 Å². The summed E-state index contributed by atoms with van der Waals surface area (Å²) in [4.78, 5) is 0. The summed E-state index contributed by atoms with van der Waals surface area (Å²) in [5, 5.41) is 1.58.